The molecular weight excluding hydrogens is 321 g/mol. The molecule has 1 atom stereocenters. The van der Waals surface area contributed by atoms with E-state index in [0.717, 1.165) is 18.4 Å². The molecule has 0 saturated carbocycles. The van der Waals surface area contributed by atoms with E-state index in [2.05, 4.69) is 57.7 Å². The minimum absolute atomic E-state index is 0.0549. The Morgan fingerprint density at radius 3 is 2.29 bits per heavy atom. The predicted octanol–water partition coefficient (Wildman–Crippen LogP) is 5.69. The fraction of sp³-hybridized carbons (Fsp3) is 0.684. The van der Waals surface area contributed by atoms with Crippen molar-refractivity contribution in [3.8, 4) is 0 Å². The van der Waals surface area contributed by atoms with Crippen LogP contribution >= 0.6 is 8.25 Å². The second-order valence-corrected chi connectivity index (χ2v) is 8.98. The maximum absolute atomic E-state index is 11.7. The number of para-hydroxylation sites is 1. The number of benzene rings is 1. The first-order chi connectivity index (χ1) is 11.2. The van der Waals surface area contributed by atoms with E-state index in [1.165, 1.54) is 5.69 Å². The lowest BCUT2D eigenvalue weighted by atomic mass is 9.74. The van der Waals surface area contributed by atoms with Crippen LogP contribution in [0.3, 0.4) is 0 Å². The van der Waals surface area contributed by atoms with Crippen molar-refractivity contribution < 1.29 is 13.6 Å². The zero-order valence-corrected chi connectivity index (χ0v) is 16.7. The summed E-state index contributed by atoms with van der Waals surface area (Å²) in [5.41, 5.74) is 2.33. The minimum Gasteiger partial charge on any atom is -0.361 e. The third-order valence-corrected chi connectivity index (χ3v) is 5.51. The van der Waals surface area contributed by atoms with E-state index in [-0.39, 0.29) is 11.1 Å². The Hall–Kier alpha value is -0.960. The molecule has 4 nitrogen and oxygen atoms in total. The van der Waals surface area contributed by atoms with Gasteiger partial charge in [0.15, 0.2) is 0 Å². The Labute approximate surface area is 147 Å². The molecule has 1 aromatic rings. The number of hydrogen-bond donors (Lipinski definition) is 0. The van der Waals surface area contributed by atoms with E-state index in [1.807, 2.05) is 13.0 Å². The average Bonchev–Trinajstić information content (AvgIpc) is 2.43. The quantitative estimate of drug-likeness (QED) is 0.617. The lowest BCUT2D eigenvalue weighted by Crippen LogP contribution is -2.61. The molecule has 0 aromatic heterocycles. The molecule has 0 radical (unpaired) electrons. The standard InChI is InChI=1S/C19H31NO3P/c1-7-22-24(21)23-14-16-10-8-9-11-17(16)20-18(3,4)12-15(2)13-19(20,5)6/h8-11,15H,7,12-14H2,1-6H3/q+1. The molecule has 2 rings (SSSR count). The summed E-state index contributed by atoms with van der Waals surface area (Å²) in [6.07, 6.45) is 2.30. The molecule has 0 N–H and O–H groups in total. The summed E-state index contributed by atoms with van der Waals surface area (Å²) < 4.78 is 22.1. The van der Waals surface area contributed by atoms with Crippen LogP contribution in [0.1, 0.15) is 59.9 Å². The highest BCUT2D eigenvalue weighted by atomic mass is 31.1. The monoisotopic (exact) mass is 352 g/mol. The van der Waals surface area contributed by atoms with Crippen LogP contribution in [0.4, 0.5) is 5.69 Å². The number of piperidine rings is 1. The van der Waals surface area contributed by atoms with Gasteiger partial charge in [-0.25, -0.2) is 0 Å². The van der Waals surface area contributed by atoms with Crippen LogP contribution in [-0.4, -0.2) is 17.7 Å². The molecule has 0 amide bonds. The van der Waals surface area contributed by atoms with Crippen molar-refractivity contribution >= 4 is 13.9 Å². The van der Waals surface area contributed by atoms with E-state index in [9.17, 15) is 4.57 Å². The smallest absolute Gasteiger partial charge is 0.361 e. The van der Waals surface area contributed by atoms with Crippen LogP contribution in [0, 0.1) is 5.92 Å². The van der Waals surface area contributed by atoms with E-state index < -0.39 is 8.25 Å². The maximum atomic E-state index is 11.7. The molecule has 1 aromatic carbocycles. The van der Waals surface area contributed by atoms with Gasteiger partial charge in [-0.05, 0) is 59.4 Å². The number of rotatable bonds is 6. The van der Waals surface area contributed by atoms with Crippen molar-refractivity contribution in [3.63, 3.8) is 0 Å². The van der Waals surface area contributed by atoms with Gasteiger partial charge in [-0.2, -0.15) is 0 Å². The molecule has 24 heavy (non-hydrogen) atoms. The first-order valence-electron chi connectivity index (χ1n) is 8.78. The lowest BCUT2D eigenvalue weighted by molar-refractivity contribution is 0.187. The zero-order valence-electron chi connectivity index (χ0n) is 15.8. The minimum atomic E-state index is -2.06. The molecular formula is C19H31NO3P+. The third kappa shape index (κ3) is 4.36. The molecule has 0 bridgehead atoms. The van der Waals surface area contributed by atoms with Gasteiger partial charge in [0.1, 0.15) is 13.2 Å². The van der Waals surface area contributed by atoms with Crippen LogP contribution in [0.5, 0.6) is 0 Å². The Kier molecular flexibility index (Phi) is 6.06. The molecule has 1 aliphatic rings. The Balaban J connectivity index is 2.32. The van der Waals surface area contributed by atoms with Crippen molar-refractivity contribution in [1.82, 2.24) is 0 Å². The molecule has 0 spiro atoms. The van der Waals surface area contributed by atoms with Gasteiger partial charge in [0.25, 0.3) is 0 Å². The summed E-state index contributed by atoms with van der Waals surface area (Å²) in [5.74, 6) is 0.696. The largest absolute Gasteiger partial charge is 0.697 e. The second-order valence-electron chi connectivity index (χ2n) is 8.02. The second kappa shape index (κ2) is 7.51. The Morgan fingerprint density at radius 1 is 1.12 bits per heavy atom. The van der Waals surface area contributed by atoms with Gasteiger partial charge >= 0.3 is 8.25 Å². The van der Waals surface area contributed by atoms with Crippen molar-refractivity contribution in [2.24, 2.45) is 5.92 Å². The fourth-order valence-electron chi connectivity index (χ4n) is 4.55. The molecule has 1 heterocycles. The van der Waals surface area contributed by atoms with Crippen LogP contribution in [0.25, 0.3) is 0 Å². The molecule has 1 aliphatic heterocycles. The topological polar surface area (TPSA) is 38.8 Å². The first kappa shape index (κ1) is 19.4. The molecule has 1 saturated heterocycles. The van der Waals surface area contributed by atoms with Gasteiger partial charge in [0, 0.05) is 26.9 Å². The number of hydrogen-bond acceptors (Lipinski definition) is 4. The van der Waals surface area contributed by atoms with Crippen molar-refractivity contribution in [3.05, 3.63) is 29.8 Å². The summed E-state index contributed by atoms with van der Waals surface area (Å²) in [6.45, 7) is 14.1. The molecule has 5 heteroatoms. The normalized spacial score (nSPS) is 20.9. The molecule has 1 unspecified atom stereocenters. The van der Waals surface area contributed by atoms with Crippen LogP contribution < -0.4 is 4.90 Å². The van der Waals surface area contributed by atoms with Gasteiger partial charge in [0.05, 0.1) is 0 Å². The first-order valence-corrected chi connectivity index (χ1v) is 9.88. The number of nitrogens with zero attached hydrogens (tertiary/aromatic N) is 1. The van der Waals surface area contributed by atoms with Gasteiger partial charge in [-0.1, -0.05) is 25.1 Å². The predicted molar refractivity (Wildman–Crippen MR) is 99.5 cm³/mol. The Morgan fingerprint density at radius 2 is 1.71 bits per heavy atom. The highest BCUT2D eigenvalue weighted by molar-refractivity contribution is 7.33. The van der Waals surface area contributed by atoms with Crippen LogP contribution in [0.2, 0.25) is 0 Å². The molecule has 0 aliphatic carbocycles. The van der Waals surface area contributed by atoms with E-state index in [0.29, 0.717) is 19.1 Å². The van der Waals surface area contributed by atoms with E-state index >= 15 is 0 Å². The van der Waals surface area contributed by atoms with E-state index in [4.69, 9.17) is 9.05 Å². The van der Waals surface area contributed by atoms with Crippen LogP contribution in [0.15, 0.2) is 24.3 Å². The van der Waals surface area contributed by atoms with Gasteiger partial charge in [-0.15, -0.1) is 9.05 Å². The third-order valence-electron chi connectivity index (χ3n) is 4.70. The molecule has 134 valence electrons. The average molecular weight is 352 g/mol. The highest BCUT2D eigenvalue weighted by Gasteiger charge is 2.44. The summed E-state index contributed by atoms with van der Waals surface area (Å²) in [4.78, 5) is 2.52. The van der Waals surface area contributed by atoms with Crippen molar-refractivity contribution in [1.29, 1.82) is 0 Å². The van der Waals surface area contributed by atoms with Crippen molar-refractivity contribution in [2.45, 2.75) is 72.1 Å². The van der Waals surface area contributed by atoms with Gasteiger partial charge in [0.2, 0.25) is 0 Å². The fourth-order valence-corrected chi connectivity index (χ4v) is 5.08. The SMILES string of the molecule is CCO[P+](=O)OCc1ccccc1N1C(C)(C)CC(C)CC1(C)C. The lowest BCUT2D eigenvalue weighted by Gasteiger charge is -2.56. The van der Waals surface area contributed by atoms with Gasteiger partial charge < -0.3 is 4.90 Å². The van der Waals surface area contributed by atoms with Crippen molar-refractivity contribution in [2.75, 3.05) is 11.5 Å². The summed E-state index contributed by atoms with van der Waals surface area (Å²) in [5, 5.41) is 0. The maximum Gasteiger partial charge on any atom is 0.697 e. The number of anilines is 1. The Bertz CT molecular complexity index is 568. The highest BCUT2D eigenvalue weighted by Crippen LogP contribution is 2.45. The zero-order chi connectivity index (χ0) is 18.0. The molecule has 1 fully saturated rings. The van der Waals surface area contributed by atoms with E-state index in [1.54, 1.807) is 0 Å². The van der Waals surface area contributed by atoms with Gasteiger partial charge in [-0.3, -0.25) is 0 Å². The summed E-state index contributed by atoms with van der Waals surface area (Å²) in [6, 6.07) is 8.26. The summed E-state index contributed by atoms with van der Waals surface area (Å²) >= 11 is 0. The summed E-state index contributed by atoms with van der Waals surface area (Å²) in [7, 11) is -2.06. The van der Waals surface area contributed by atoms with Crippen LogP contribution in [-0.2, 0) is 20.2 Å².